The number of aromatic nitrogens is 2. The number of nitrogens with zero attached hydrogens (tertiary/aromatic N) is 4. The zero-order valence-electron chi connectivity index (χ0n) is 15.4. The van der Waals surface area contributed by atoms with Gasteiger partial charge in [-0.05, 0) is 64.4 Å². The van der Waals surface area contributed by atoms with Crippen LogP contribution in [0.2, 0.25) is 0 Å². The van der Waals surface area contributed by atoms with Crippen LogP contribution in [0, 0.1) is 0 Å². The predicted molar refractivity (Wildman–Crippen MR) is 106 cm³/mol. The SMILES string of the molecule is CC(C)n1cccc1[C@H]1[C@@H](c2ccccn2)NC(=S)N1CCN(C)C. The van der Waals surface area contributed by atoms with Crippen molar-refractivity contribution < 1.29 is 0 Å². The highest BCUT2D eigenvalue weighted by Gasteiger charge is 2.41. The summed E-state index contributed by atoms with van der Waals surface area (Å²) in [5.74, 6) is 0. The average Bonchev–Trinajstić information content (AvgIpc) is 3.18. The molecule has 0 radical (unpaired) electrons. The summed E-state index contributed by atoms with van der Waals surface area (Å²) >= 11 is 5.69. The Balaban J connectivity index is 2.00. The van der Waals surface area contributed by atoms with E-state index in [1.54, 1.807) is 0 Å². The van der Waals surface area contributed by atoms with Gasteiger partial charge in [0.05, 0.1) is 17.8 Å². The average molecular weight is 358 g/mol. The van der Waals surface area contributed by atoms with Gasteiger partial charge in [-0.1, -0.05) is 6.07 Å². The molecular formula is C19H27N5S. The summed E-state index contributed by atoms with van der Waals surface area (Å²) in [7, 11) is 4.18. The van der Waals surface area contributed by atoms with Crippen LogP contribution in [0.3, 0.4) is 0 Å². The highest BCUT2D eigenvalue weighted by atomic mass is 32.1. The molecule has 0 bridgehead atoms. The standard InChI is InChI=1S/C19H27N5S/c1-14(2)23-11-7-9-16(23)18-17(15-8-5-6-10-20-15)21-19(25)24(18)13-12-22(3)4/h5-11,14,17-18H,12-13H2,1-4H3,(H,21,25)/t17-,18+/m1/s1. The quantitative estimate of drug-likeness (QED) is 0.804. The fourth-order valence-electron chi connectivity index (χ4n) is 3.40. The number of likely N-dealkylation sites (N-methyl/N-ethyl adjacent to an activating group) is 1. The molecule has 134 valence electrons. The molecule has 0 spiro atoms. The summed E-state index contributed by atoms with van der Waals surface area (Å²) in [6, 6.07) is 11.0. The lowest BCUT2D eigenvalue weighted by Gasteiger charge is -2.30. The van der Waals surface area contributed by atoms with Gasteiger partial charge in [0.2, 0.25) is 0 Å². The van der Waals surface area contributed by atoms with Crippen LogP contribution in [-0.4, -0.2) is 51.6 Å². The molecule has 5 nitrogen and oxygen atoms in total. The summed E-state index contributed by atoms with van der Waals surface area (Å²) < 4.78 is 2.33. The smallest absolute Gasteiger partial charge is 0.170 e. The number of thiocarbonyl (C=S) groups is 1. The highest BCUT2D eigenvalue weighted by molar-refractivity contribution is 7.80. The molecule has 0 saturated carbocycles. The molecule has 2 atom stereocenters. The maximum Gasteiger partial charge on any atom is 0.170 e. The van der Waals surface area contributed by atoms with E-state index in [1.165, 1.54) is 5.69 Å². The highest BCUT2D eigenvalue weighted by Crippen LogP contribution is 2.39. The molecule has 1 fully saturated rings. The van der Waals surface area contributed by atoms with Crippen molar-refractivity contribution in [2.75, 3.05) is 27.2 Å². The summed E-state index contributed by atoms with van der Waals surface area (Å²) in [5, 5.41) is 4.32. The Morgan fingerprint density at radius 3 is 2.68 bits per heavy atom. The lowest BCUT2D eigenvalue weighted by atomic mass is 10.0. The zero-order valence-corrected chi connectivity index (χ0v) is 16.2. The first-order valence-corrected chi connectivity index (χ1v) is 9.19. The van der Waals surface area contributed by atoms with E-state index in [2.05, 4.69) is 77.0 Å². The Labute approximate surface area is 155 Å². The van der Waals surface area contributed by atoms with E-state index in [1.807, 2.05) is 18.3 Å². The molecule has 2 aromatic heterocycles. The predicted octanol–water partition coefficient (Wildman–Crippen LogP) is 3.00. The van der Waals surface area contributed by atoms with E-state index in [9.17, 15) is 0 Å². The zero-order chi connectivity index (χ0) is 18.0. The van der Waals surface area contributed by atoms with Gasteiger partial charge in [0, 0.05) is 37.2 Å². The number of hydrogen-bond donors (Lipinski definition) is 1. The Kier molecular flexibility index (Phi) is 5.39. The molecule has 1 saturated heterocycles. The number of rotatable bonds is 6. The van der Waals surface area contributed by atoms with Crippen molar-refractivity contribution in [1.82, 2.24) is 24.7 Å². The largest absolute Gasteiger partial charge is 0.352 e. The molecule has 1 aliphatic heterocycles. The maximum atomic E-state index is 5.69. The second-order valence-electron chi connectivity index (χ2n) is 7.06. The van der Waals surface area contributed by atoms with Crippen molar-refractivity contribution >= 4 is 17.3 Å². The molecule has 25 heavy (non-hydrogen) atoms. The van der Waals surface area contributed by atoms with Crippen molar-refractivity contribution in [1.29, 1.82) is 0 Å². The van der Waals surface area contributed by atoms with Crippen molar-refractivity contribution in [3.63, 3.8) is 0 Å². The van der Waals surface area contributed by atoms with E-state index in [0.29, 0.717) is 6.04 Å². The molecule has 0 unspecified atom stereocenters. The monoisotopic (exact) mass is 357 g/mol. The lowest BCUT2D eigenvalue weighted by molar-refractivity contribution is 0.266. The van der Waals surface area contributed by atoms with E-state index in [0.717, 1.165) is 23.9 Å². The minimum Gasteiger partial charge on any atom is -0.352 e. The van der Waals surface area contributed by atoms with Crippen LogP contribution < -0.4 is 5.32 Å². The molecule has 1 aliphatic rings. The summed E-state index contributed by atoms with van der Waals surface area (Å²) in [6.45, 7) is 6.26. The van der Waals surface area contributed by atoms with Crippen LogP contribution >= 0.6 is 12.2 Å². The van der Waals surface area contributed by atoms with E-state index >= 15 is 0 Å². The summed E-state index contributed by atoms with van der Waals surface area (Å²) in [4.78, 5) is 9.09. The first-order valence-electron chi connectivity index (χ1n) is 8.78. The first kappa shape index (κ1) is 17.9. The number of hydrogen-bond acceptors (Lipinski definition) is 3. The van der Waals surface area contributed by atoms with E-state index in [-0.39, 0.29) is 12.1 Å². The van der Waals surface area contributed by atoms with Gasteiger partial charge < -0.3 is 19.7 Å². The van der Waals surface area contributed by atoms with Gasteiger partial charge in [0.25, 0.3) is 0 Å². The normalized spacial score (nSPS) is 20.6. The third-order valence-electron chi connectivity index (χ3n) is 4.66. The number of nitrogens with one attached hydrogen (secondary N) is 1. The van der Waals surface area contributed by atoms with Crippen LogP contribution in [0.1, 0.15) is 43.4 Å². The van der Waals surface area contributed by atoms with Gasteiger partial charge in [-0.3, -0.25) is 4.98 Å². The van der Waals surface area contributed by atoms with Gasteiger partial charge in [0.15, 0.2) is 5.11 Å². The fraction of sp³-hybridized carbons (Fsp3) is 0.474. The van der Waals surface area contributed by atoms with Gasteiger partial charge in [-0.2, -0.15) is 0 Å². The Morgan fingerprint density at radius 2 is 2.04 bits per heavy atom. The van der Waals surface area contributed by atoms with Crippen molar-refractivity contribution in [3.05, 3.63) is 54.1 Å². The lowest BCUT2D eigenvalue weighted by Crippen LogP contribution is -2.36. The van der Waals surface area contributed by atoms with Crippen molar-refractivity contribution in [2.24, 2.45) is 0 Å². The minimum atomic E-state index is 0.0586. The van der Waals surface area contributed by atoms with Crippen LogP contribution in [0.15, 0.2) is 42.7 Å². The third-order valence-corrected chi connectivity index (χ3v) is 5.01. The van der Waals surface area contributed by atoms with E-state index in [4.69, 9.17) is 12.2 Å². The summed E-state index contributed by atoms with van der Waals surface area (Å²) in [5.41, 5.74) is 2.30. The van der Waals surface area contributed by atoms with Gasteiger partial charge in [0.1, 0.15) is 0 Å². The molecule has 3 rings (SSSR count). The molecule has 0 aliphatic carbocycles. The van der Waals surface area contributed by atoms with Crippen LogP contribution in [0.5, 0.6) is 0 Å². The Hall–Kier alpha value is -1.92. The molecule has 1 N–H and O–H groups in total. The molecule has 0 amide bonds. The fourth-order valence-corrected chi connectivity index (χ4v) is 3.74. The Morgan fingerprint density at radius 1 is 1.24 bits per heavy atom. The molecule has 0 aromatic carbocycles. The van der Waals surface area contributed by atoms with Gasteiger partial charge in [-0.25, -0.2) is 0 Å². The molecular weight excluding hydrogens is 330 g/mol. The molecule has 6 heteroatoms. The van der Waals surface area contributed by atoms with Crippen LogP contribution in [-0.2, 0) is 0 Å². The minimum absolute atomic E-state index is 0.0586. The summed E-state index contributed by atoms with van der Waals surface area (Å²) in [6.07, 6.45) is 4.00. The van der Waals surface area contributed by atoms with Crippen molar-refractivity contribution in [3.8, 4) is 0 Å². The number of pyridine rings is 1. The second kappa shape index (κ2) is 7.54. The van der Waals surface area contributed by atoms with Crippen LogP contribution in [0.4, 0.5) is 0 Å². The first-order chi connectivity index (χ1) is 12.0. The molecule has 3 heterocycles. The molecule has 2 aromatic rings. The second-order valence-corrected chi connectivity index (χ2v) is 7.44. The van der Waals surface area contributed by atoms with E-state index < -0.39 is 0 Å². The van der Waals surface area contributed by atoms with Gasteiger partial charge in [-0.15, -0.1) is 0 Å². The van der Waals surface area contributed by atoms with Crippen LogP contribution in [0.25, 0.3) is 0 Å². The third kappa shape index (κ3) is 3.70. The topological polar surface area (TPSA) is 36.3 Å². The maximum absolute atomic E-state index is 5.69. The Bertz CT molecular complexity index is 710. The van der Waals surface area contributed by atoms with Crippen molar-refractivity contribution in [2.45, 2.75) is 32.0 Å². The van der Waals surface area contributed by atoms with Gasteiger partial charge >= 0.3 is 0 Å².